The van der Waals surface area contributed by atoms with Crippen LogP contribution < -0.4 is 0 Å². The van der Waals surface area contributed by atoms with Gasteiger partial charge in [-0.15, -0.1) is 0 Å². The molecule has 4 aromatic heterocycles. The van der Waals surface area contributed by atoms with Gasteiger partial charge in [0.15, 0.2) is 0 Å². The highest BCUT2D eigenvalue weighted by atomic mass is 15.0. The molecule has 178 valence electrons. The minimum atomic E-state index is 1.06. The summed E-state index contributed by atoms with van der Waals surface area (Å²) >= 11 is 0. The van der Waals surface area contributed by atoms with Gasteiger partial charge in [0.05, 0.1) is 45.8 Å². The zero-order chi connectivity index (χ0) is 25.1. The fourth-order valence-corrected chi connectivity index (χ4v) is 5.93. The molecule has 4 heteroatoms. The summed E-state index contributed by atoms with van der Waals surface area (Å²) in [5.41, 5.74) is 9.26. The van der Waals surface area contributed by atoms with Crippen LogP contribution in [0.2, 0.25) is 0 Å². The molecule has 0 unspecified atom stereocenters. The van der Waals surface area contributed by atoms with E-state index >= 15 is 0 Å². The summed E-state index contributed by atoms with van der Waals surface area (Å²) in [5.74, 6) is 0. The summed E-state index contributed by atoms with van der Waals surface area (Å²) in [6, 6.07) is 38.9. The molecule has 38 heavy (non-hydrogen) atoms. The van der Waals surface area contributed by atoms with Crippen molar-refractivity contribution in [3.8, 4) is 22.5 Å². The number of para-hydroxylation sites is 2. The van der Waals surface area contributed by atoms with Crippen LogP contribution >= 0.6 is 0 Å². The first-order valence-electron chi connectivity index (χ1n) is 12.7. The Bertz CT molecular complexity index is 2120. The maximum absolute atomic E-state index is 4.40. The molecule has 0 saturated carbocycles. The van der Waals surface area contributed by atoms with Gasteiger partial charge in [-0.3, -0.25) is 9.97 Å². The molecule has 0 bridgehead atoms. The maximum atomic E-state index is 4.40. The smallest absolute Gasteiger partial charge is 0.0645 e. The average Bonchev–Trinajstić information content (AvgIpc) is 3.51. The number of benzene rings is 4. The predicted octanol–water partition coefficient (Wildman–Crippen LogP) is 8.34. The van der Waals surface area contributed by atoms with Gasteiger partial charge in [-0.2, -0.15) is 0 Å². The molecule has 0 aliphatic carbocycles. The van der Waals surface area contributed by atoms with Gasteiger partial charge >= 0.3 is 0 Å². The SMILES string of the molecule is c1cncc(-n2c3ccccc3c3cc(-c4cccc5c4c4ccccc4n5-c4cccnc4)ccc32)c1. The average molecular weight is 487 g/mol. The molecule has 4 nitrogen and oxygen atoms in total. The zero-order valence-corrected chi connectivity index (χ0v) is 20.5. The second kappa shape index (κ2) is 8.15. The topological polar surface area (TPSA) is 35.6 Å². The molecular weight excluding hydrogens is 464 g/mol. The number of fused-ring (bicyclic) bond motifs is 6. The first-order chi connectivity index (χ1) is 18.9. The van der Waals surface area contributed by atoms with E-state index in [2.05, 4.69) is 116 Å². The normalized spacial score (nSPS) is 11.7. The molecule has 8 aromatic rings. The Morgan fingerprint density at radius 2 is 1.05 bits per heavy atom. The Balaban J connectivity index is 1.44. The van der Waals surface area contributed by atoms with Gasteiger partial charge in [-0.1, -0.05) is 54.6 Å². The van der Waals surface area contributed by atoms with Crippen molar-refractivity contribution >= 4 is 43.6 Å². The van der Waals surface area contributed by atoms with Gasteiger partial charge in [-0.05, 0) is 65.7 Å². The lowest BCUT2D eigenvalue weighted by Crippen LogP contribution is -1.94. The van der Waals surface area contributed by atoms with Crippen molar-refractivity contribution in [1.82, 2.24) is 19.1 Å². The fraction of sp³-hybridized carbons (Fsp3) is 0. The van der Waals surface area contributed by atoms with Crippen molar-refractivity contribution in [2.45, 2.75) is 0 Å². The number of aromatic nitrogens is 4. The first kappa shape index (κ1) is 20.9. The maximum Gasteiger partial charge on any atom is 0.0645 e. The van der Waals surface area contributed by atoms with Crippen LogP contribution in [-0.2, 0) is 0 Å². The van der Waals surface area contributed by atoms with Crippen LogP contribution in [0.3, 0.4) is 0 Å². The molecule has 0 atom stereocenters. The predicted molar refractivity (Wildman–Crippen MR) is 156 cm³/mol. The van der Waals surface area contributed by atoms with Crippen LogP contribution in [0, 0.1) is 0 Å². The van der Waals surface area contributed by atoms with E-state index in [1.807, 2.05) is 36.9 Å². The lowest BCUT2D eigenvalue weighted by molar-refractivity contribution is 1.14. The third-order valence-corrected chi connectivity index (χ3v) is 7.49. The quantitative estimate of drug-likeness (QED) is 0.252. The second-order valence-electron chi connectivity index (χ2n) is 9.56. The van der Waals surface area contributed by atoms with Crippen LogP contribution in [-0.4, -0.2) is 19.1 Å². The Kier molecular flexibility index (Phi) is 4.49. The molecule has 8 rings (SSSR count). The number of nitrogens with zero attached hydrogens (tertiary/aromatic N) is 4. The van der Waals surface area contributed by atoms with Gasteiger partial charge in [0.2, 0.25) is 0 Å². The molecule has 0 amide bonds. The molecule has 0 aliphatic rings. The van der Waals surface area contributed by atoms with E-state index in [9.17, 15) is 0 Å². The summed E-state index contributed by atoms with van der Waals surface area (Å²) in [5, 5.41) is 4.95. The third kappa shape index (κ3) is 2.98. The fourth-order valence-electron chi connectivity index (χ4n) is 5.93. The second-order valence-corrected chi connectivity index (χ2v) is 9.56. The molecule has 0 aliphatic heterocycles. The van der Waals surface area contributed by atoms with Crippen molar-refractivity contribution in [2.75, 3.05) is 0 Å². The van der Waals surface area contributed by atoms with Crippen molar-refractivity contribution in [3.63, 3.8) is 0 Å². The van der Waals surface area contributed by atoms with Gasteiger partial charge in [0.1, 0.15) is 0 Å². The van der Waals surface area contributed by atoms with Gasteiger partial charge < -0.3 is 9.13 Å². The van der Waals surface area contributed by atoms with Crippen LogP contribution in [0.1, 0.15) is 0 Å². The minimum Gasteiger partial charge on any atom is -0.308 e. The number of hydrogen-bond acceptors (Lipinski definition) is 2. The summed E-state index contributed by atoms with van der Waals surface area (Å²) in [6.45, 7) is 0. The van der Waals surface area contributed by atoms with Gasteiger partial charge in [-0.25, -0.2) is 0 Å². The first-order valence-corrected chi connectivity index (χ1v) is 12.7. The highest BCUT2D eigenvalue weighted by molar-refractivity contribution is 6.17. The van der Waals surface area contributed by atoms with Crippen LogP contribution in [0.4, 0.5) is 0 Å². The van der Waals surface area contributed by atoms with E-state index in [-0.39, 0.29) is 0 Å². The van der Waals surface area contributed by atoms with Crippen LogP contribution in [0.15, 0.2) is 134 Å². The Labute approximate surface area is 219 Å². The summed E-state index contributed by atoms with van der Waals surface area (Å²) in [7, 11) is 0. The lowest BCUT2D eigenvalue weighted by atomic mass is 9.98. The molecule has 0 N–H and O–H groups in total. The number of hydrogen-bond donors (Lipinski definition) is 0. The zero-order valence-electron chi connectivity index (χ0n) is 20.5. The standard InChI is InChI=1S/C34H22N4/c1-3-13-30-27(10-1)29-20-23(16-17-32(29)37(30)24-8-6-18-35-21-24)26-12-5-15-33-34(26)28-11-2-4-14-31(28)38(33)25-9-7-19-36-22-25/h1-22H. The van der Waals surface area contributed by atoms with Gasteiger partial charge in [0, 0.05) is 33.9 Å². The highest BCUT2D eigenvalue weighted by Gasteiger charge is 2.18. The van der Waals surface area contributed by atoms with E-state index in [0.29, 0.717) is 0 Å². The van der Waals surface area contributed by atoms with Crippen molar-refractivity contribution in [2.24, 2.45) is 0 Å². The largest absolute Gasteiger partial charge is 0.308 e. The summed E-state index contributed by atoms with van der Waals surface area (Å²) in [4.78, 5) is 8.78. The van der Waals surface area contributed by atoms with E-state index in [0.717, 1.165) is 11.4 Å². The highest BCUT2D eigenvalue weighted by Crippen LogP contribution is 2.40. The molecular formula is C34H22N4. The van der Waals surface area contributed by atoms with Crippen molar-refractivity contribution in [1.29, 1.82) is 0 Å². The minimum absolute atomic E-state index is 1.06. The third-order valence-electron chi connectivity index (χ3n) is 7.49. The Morgan fingerprint density at radius 1 is 0.447 bits per heavy atom. The Hall–Kier alpha value is -5.22. The summed E-state index contributed by atoms with van der Waals surface area (Å²) < 4.78 is 4.62. The van der Waals surface area contributed by atoms with E-state index < -0.39 is 0 Å². The molecule has 4 aromatic carbocycles. The van der Waals surface area contributed by atoms with E-state index in [4.69, 9.17) is 0 Å². The molecule has 0 saturated heterocycles. The monoisotopic (exact) mass is 486 g/mol. The Morgan fingerprint density at radius 3 is 1.76 bits per heavy atom. The van der Waals surface area contributed by atoms with Gasteiger partial charge in [0.25, 0.3) is 0 Å². The molecule has 0 fully saturated rings. The van der Waals surface area contributed by atoms with Crippen molar-refractivity contribution in [3.05, 3.63) is 134 Å². The lowest BCUT2D eigenvalue weighted by Gasteiger charge is -2.09. The van der Waals surface area contributed by atoms with Crippen LogP contribution in [0.5, 0.6) is 0 Å². The van der Waals surface area contributed by atoms with Crippen LogP contribution in [0.25, 0.3) is 66.1 Å². The van der Waals surface area contributed by atoms with E-state index in [1.165, 1.54) is 54.7 Å². The molecule has 0 spiro atoms. The molecule has 4 heterocycles. The number of rotatable bonds is 3. The molecule has 0 radical (unpaired) electrons. The van der Waals surface area contributed by atoms with Crippen molar-refractivity contribution < 1.29 is 0 Å². The van der Waals surface area contributed by atoms with E-state index in [1.54, 1.807) is 0 Å². The number of pyridine rings is 2. The summed E-state index contributed by atoms with van der Waals surface area (Å²) in [6.07, 6.45) is 7.49.